The molecule has 0 unspecified atom stereocenters. The maximum absolute atomic E-state index is 13.3. The number of rotatable bonds is 2. The molecule has 1 aliphatic heterocycles. The first-order valence-electron chi connectivity index (χ1n) is 8.42. The van der Waals surface area contributed by atoms with Gasteiger partial charge in [-0.25, -0.2) is 9.37 Å². The molecule has 0 fully saturated rings. The summed E-state index contributed by atoms with van der Waals surface area (Å²) in [6, 6.07) is 4.86. The highest BCUT2D eigenvalue weighted by Crippen LogP contribution is 2.39. The number of nitrogen functional groups attached to an aromatic ring is 1. The summed E-state index contributed by atoms with van der Waals surface area (Å²) in [6.45, 7) is 7.08. The fourth-order valence-electron chi connectivity index (χ4n) is 3.23. The average Bonchev–Trinajstić information content (AvgIpc) is 2.94. The van der Waals surface area contributed by atoms with Gasteiger partial charge in [-0.2, -0.15) is 5.10 Å². The number of ether oxygens (including phenoxy) is 1. The third-order valence-electron chi connectivity index (χ3n) is 4.55. The van der Waals surface area contributed by atoms with E-state index in [4.69, 9.17) is 15.6 Å². The highest BCUT2D eigenvalue weighted by atomic mass is 19.1. The monoisotopic (exact) mass is 353 g/mol. The second-order valence-corrected chi connectivity index (χ2v) is 7.16. The molecule has 0 atom stereocenters. The van der Waals surface area contributed by atoms with Crippen molar-refractivity contribution in [2.75, 3.05) is 5.73 Å². The molecule has 0 amide bonds. The summed E-state index contributed by atoms with van der Waals surface area (Å²) in [5.41, 5.74) is 10.7. The van der Waals surface area contributed by atoms with Gasteiger partial charge in [0.05, 0.1) is 36.3 Å². The fraction of sp³-hybridized carbons (Fsp3) is 0.316. The number of nitrogens with zero attached hydrogens (tertiary/aromatic N) is 4. The van der Waals surface area contributed by atoms with Crippen molar-refractivity contribution in [1.29, 1.82) is 0 Å². The van der Waals surface area contributed by atoms with Crippen LogP contribution in [-0.4, -0.2) is 25.3 Å². The Kier molecular flexibility index (Phi) is 3.77. The average molecular weight is 353 g/mol. The Morgan fingerprint density at radius 3 is 2.77 bits per heavy atom. The summed E-state index contributed by atoms with van der Waals surface area (Å²) in [7, 11) is 0. The zero-order chi connectivity index (χ0) is 18.5. The van der Waals surface area contributed by atoms with Crippen LogP contribution in [0.25, 0.3) is 22.5 Å². The van der Waals surface area contributed by atoms with E-state index in [0.717, 1.165) is 22.4 Å². The highest BCUT2D eigenvalue weighted by Gasteiger charge is 2.32. The summed E-state index contributed by atoms with van der Waals surface area (Å²) in [5.74, 6) is 0.0497. The van der Waals surface area contributed by atoms with E-state index in [0.29, 0.717) is 30.4 Å². The third-order valence-corrected chi connectivity index (χ3v) is 4.55. The first-order chi connectivity index (χ1) is 12.3. The molecule has 0 saturated carbocycles. The molecule has 26 heavy (non-hydrogen) atoms. The number of fused-ring (bicyclic) bond motifs is 1. The van der Waals surface area contributed by atoms with Gasteiger partial charge in [-0.05, 0) is 50.1 Å². The Morgan fingerprint density at radius 1 is 1.23 bits per heavy atom. The van der Waals surface area contributed by atoms with E-state index in [1.165, 1.54) is 12.3 Å². The second kappa shape index (κ2) is 5.88. The third kappa shape index (κ3) is 2.84. The molecule has 4 rings (SSSR count). The minimum absolute atomic E-state index is 0.309. The van der Waals surface area contributed by atoms with Crippen molar-refractivity contribution in [1.82, 2.24) is 19.7 Å². The summed E-state index contributed by atoms with van der Waals surface area (Å²) in [6.07, 6.45) is 2.94. The van der Waals surface area contributed by atoms with E-state index in [2.05, 4.69) is 9.97 Å². The van der Waals surface area contributed by atoms with Gasteiger partial charge in [-0.3, -0.25) is 9.67 Å². The Morgan fingerprint density at radius 2 is 2.04 bits per heavy atom. The zero-order valence-electron chi connectivity index (χ0n) is 15.0. The smallest absolute Gasteiger partial charge is 0.141 e. The molecule has 0 saturated heterocycles. The molecule has 4 heterocycles. The maximum atomic E-state index is 13.3. The quantitative estimate of drug-likeness (QED) is 0.764. The van der Waals surface area contributed by atoms with Crippen LogP contribution in [0, 0.1) is 12.7 Å². The van der Waals surface area contributed by atoms with Crippen molar-refractivity contribution in [3.05, 3.63) is 47.7 Å². The molecule has 0 bridgehead atoms. The van der Waals surface area contributed by atoms with Gasteiger partial charge < -0.3 is 10.5 Å². The lowest BCUT2D eigenvalue weighted by molar-refractivity contribution is -0.0657. The van der Waals surface area contributed by atoms with Crippen LogP contribution < -0.4 is 5.73 Å². The number of pyridine rings is 2. The maximum Gasteiger partial charge on any atom is 0.141 e. The van der Waals surface area contributed by atoms with Crippen LogP contribution in [0.1, 0.15) is 25.1 Å². The van der Waals surface area contributed by atoms with Gasteiger partial charge in [0.1, 0.15) is 17.3 Å². The van der Waals surface area contributed by atoms with Gasteiger partial charge in [0.15, 0.2) is 0 Å². The minimum Gasteiger partial charge on any atom is -0.384 e. The number of anilines is 1. The van der Waals surface area contributed by atoms with Crippen molar-refractivity contribution in [3.8, 4) is 22.5 Å². The molecule has 0 spiro atoms. The Labute approximate surface area is 150 Å². The fourth-order valence-corrected chi connectivity index (χ4v) is 3.23. The SMILES string of the molecule is Cc1cnc(N)cc1-c1c(-c2ccc(F)cn2)nn2c1COC(C)(C)C2. The molecule has 0 aromatic carbocycles. The molecule has 6 nitrogen and oxygen atoms in total. The molecule has 0 radical (unpaired) electrons. The molecule has 134 valence electrons. The van der Waals surface area contributed by atoms with Gasteiger partial charge in [-0.15, -0.1) is 0 Å². The number of hydrogen-bond acceptors (Lipinski definition) is 5. The predicted molar refractivity (Wildman–Crippen MR) is 96.7 cm³/mol. The lowest BCUT2D eigenvalue weighted by atomic mass is 9.97. The van der Waals surface area contributed by atoms with Gasteiger partial charge in [0, 0.05) is 11.8 Å². The standard InChI is InChI=1S/C19H20FN5O/c1-11-7-23-16(21)6-13(11)17-15-9-26-19(2,3)10-25(15)24-18(17)14-5-4-12(20)8-22-14/h4-8H,9-10H2,1-3H3,(H2,21,23). The van der Waals surface area contributed by atoms with Crippen LogP contribution in [0.3, 0.4) is 0 Å². The lowest BCUT2D eigenvalue weighted by Crippen LogP contribution is -2.36. The van der Waals surface area contributed by atoms with Gasteiger partial charge >= 0.3 is 0 Å². The molecule has 0 aliphatic carbocycles. The molecule has 3 aromatic rings. The van der Waals surface area contributed by atoms with Crippen LogP contribution in [-0.2, 0) is 17.9 Å². The molecule has 2 N–H and O–H groups in total. The second-order valence-electron chi connectivity index (χ2n) is 7.16. The van der Waals surface area contributed by atoms with Gasteiger partial charge in [-0.1, -0.05) is 0 Å². The highest BCUT2D eigenvalue weighted by molar-refractivity contribution is 5.84. The van der Waals surface area contributed by atoms with Crippen LogP contribution in [0.2, 0.25) is 0 Å². The van der Waals surface area contributed by atoms with E-state index in [1.54, 1.807) is 12.3 Å². The Hall–Kier alpha value is -2.80. The summed E-state index contributed by atoms with van der Waals surface area (Å²) < 4.78 is 21.3. The lowest BCUT2D eigenvalue weighted by Gasteiger charge is -2.31. The van der Waals surface area contributed by atoms with E-state index in [1.807, 2.05) is 31.5 Å². The van der Waals surface area contributed by atoms with E-state index < -0.39 is 0 Å². The first kappa shape index (κ1) is 16.7. The van der Waals surface area contributed by atoms with Crippen LogP contribution in [0.5, 0.6) is 0 Å². The summed E-state index contributed by atoms with van der Waals surface area (Å²) in [5, 5.41) is 4.78. The van der Waals surface area contributed by atoms with Gasteiger partial charge in [0.25, 0.3) is 0 Å². The predicted octanol–water partition coefficient (Wildman–Crippen LogP) is 3.35. The largest absolute Gasteiger partial charge is 0.384 e. The molecule has 7 heteroatoms. The van der Waals surface area contributed by atoms with Crippen LogP contribution in [0.15, 0.2) is 30.6 Å². The number of aromatic nitrogens is 4. The number of halogens is 1. The van der Waals surface area contributed by atoms with Crippen LogP contribution >= 0.6 is 0 Å². The summed E-state index contributed by atoms with van der Waals surface area (Å²) in [4.78, 5) is 8.38. The number of hydrogen-bond donors (Lipinski definition) is 1. The van der Waals surface area contributed by atoms with Crippen molar-refractivity contribution < 1.29 is 9.13 Å². The summed E-state index contributed by atoms with van der Waals surface area (Å²) >= 11 is 0. The zero-order valence-corrected chi connectivity index (χ0v) is 15.0. The van der Waals surface area contributed by atoms with Gasteiger partial charge in [0.2, 0.25) is 0 Å². The van der Waals surface area contributed by atoms with E-state index >= 15 is 0 Å². The molecule has 3 aromatic heterocycles. The van der Waals surface area contributed by atoms with Crippen molar-refractivity contribution in [3.63, 3.8) is 0 Å². The minimum atomic E-state index is -0.381. The topological polar surface area (TPSA) is 78.9 Å². The van der Waals surface area contributed by atoms with Crippen LogP contribution in [0.4, 0.5) is 10.2 Å². The molecule has 1 aliphatic rings. The first-order valence-corrected chi connectivity index (χ1v) is 8.42. The van der Waals surface area contributed by atoms with Crippen molar-refractivity contribution >= 4 is 5.82 Å². The number of aryl methyl sites for hydroxylation is 1. The molecular formula is C19H20FN5O. The Balaban J connectivity index is 1.97. The van der Waals surface area contributed by atoms with Crippen molar-refractivity contribution in [2.24, 2.45) is 0 Å². The van der Waals surface area contributed by atoms with E-state index in [-0.39, 0.29) is 11.4 Å². The Bertz CT molecular complexity index is 978. The van der Waals surface area contributed by atoms with Crippen molar-refractivity contribution in [2.45, 2.75) is 39.5 Å². The number of nitrogens with two attached hydrogens (primary N) is 1. The normalized spacial score (nSPS) is 15.7. The van der Waals surface area contributed by atoms with E-state index in [9.17, 15) is 4.39 Å². The molecular weight excluding hydrogens is 333 g/mol.